The van der Waals surface area contributed by atoms with Gasteiger partial charge in [0.15, 0.2) is 0 Å². The molecule has 1 aliphatic rings. The minimum absolute atomic E-state index is 0.223. The fourth-order valence-corrected chi connectivity index (χ4v) is 2.85. The minimum Gasteiger partial charge on any atom is -0.444 e. The number of aryl methyl sites for hydroxylation is 1. The monoisotopic (exact) mass is 286 g/mol. The number of carbonyl (C=O) groups excluding carboxylic acids is 1. The normalized spacial score (nSPS) is 15.7. The molecular weight excluding hydrogens is 264 g/mol. The van der Waals surface area contributed by atoms with E-state index in [1.807, 2.05) is 25.7 Å². The van der Waals surface area contributed by atoms with Gasteiger partial charge >= 0.3 is 6.09 Å². The van der Waals surface area contributed by atoms with E-state index in [-0.39, 0.29) is 6.09 Å². The van der Waals surface area contributed by atoms with Crippen LogP contribution in [-0.2, 0) is 17.8 Å². The van der Waals surface area contributed by atoms with Gasteiger partial charge in [0.05, 0.1) is 12.1 Å². The molecule has 0 unspecified atom stereocenters. The first-order valence-electron chi connectivity index (χ1n) is 7.49. The molecule has 0 saturated carbocycles. The molecule has 2 aromatic rings. The van der Waals surface area contributed by atoms with Crippen LogP contribution in [0.3, 0.4) is 0 Å². The summed E-state index contributed by atoms with van der Waals surface area (Å²) < 4.78 is 7.81. The Morgan fingerprint density at radius 1 is 1.19 bits per heavy atom. The van der Waals surface area contributed by atoms with Gasteiger partial charge in [-0.15, -0.1) is 0 Å². The quantitative estimate of drug-likeness (QED) is 0.738. The Kier molecular flexibility index (Phi) is 3.40. The lowest BCUT2D eigenvalue weighted by atomic mass is 10.1. The third-order valence-corrected chi connectivity index (χ3v) is 3.71. The van der Waals surface area contributed by atoms with Crippen molar-refractivity contribution in [1.29, 1.82) is 0 Å². The Bertz CT molecular complexity index is 667. The summed E-state index contributed by atoms with van der Waals surface area (Å²) in [7, 11) is 0. The molecule has 0 bridgehead atoms. The number of hydrogen-bond donors (Lipinski definition) is 0. The lowest BCUT2D eigenvalue weighted by Gasteiger charge is -2.29. The van der Waals surface area contributed by atoms with Gasteiger partial charge in [0.2, 0.25) is 0 Å². The van der Waals surface area contributed by atoms with Crippen LogP contribution in [0.2, 0.25) is 0 Å². The molecule has 112 valence electrons. The molecule has 1 aromatic heterocycles. The summed E-state index contributed by atoms with van der Waals surface area (Å²) in [5.41, 5.74) is 1.97. The summed E-state index contributed by atoms with van der Waals surface area (Å²) in [6, 6.07) is 8.41. The van der Waals surface area contributed by atoms with Crippen LogP contribution in [0.5, 0.6) is 0 Å². The van der Waals surface area contributed by atoms with Gasteiger partial charge in [0.25, 0.3) is 0 Å². The van der Waals surface area contributed by atoms with Gasteiger partial charge in [0.1, 0.15) is 5.60 Å². The SMILES string of the molecule is CC(C)(C)OC(=O)N1CCCn2ccc3cccc(c32)C1. The summed E-state index contributed by atoms with van der Waals surface area (Å²) in [5.74, 6) is 0. The van der Waals surface area contributed by atoms with Crippen molar-refractivity contribution in [3.63, 3.8) is 0 Å². The van der Waals surface area contributed by atoms with Crippen molar-refractivity contribution in [2.45, 2.75) is 45.9 Å². The average Bonchev–Trinajstić information content (AvgIpc) is 2.76. The van der Waals surface area contributed by atoms with Crippen molar-refractivity contribution in [2.24, 2.45) is 0 Å². The van der Waals surface area contributed by atoms with Crippen molar-refractivity contribution < 1.29 is 9.53 Å². The largest absolute Gasteiger partial charge is 0.444 e. The maximum absolute atomic E-state index is 12.3. The number of nitrogens with zero attached hydrogens (tertiary/aromatic N) is 2. The Labute approximate surface area is 125 Å². The Hall–Kier alpha value is -1.97. The highest BCUT2D eigenvalue weighted by Crippen LogP contribution is 2.24. The number of amides is 1. The van der Waals surface area contributed by atoms with Crippen LogP contribution in [0.1, 0.15) is 32.8 Å². The number of carbonyl (C=O) groups is 1. The van der Waals surface area contributed by atoms with E-state index in [0.717, 1.165) is 19.5 Å². The second kappa shape index (κ2) is 5.10. The van der Waals surface area contributed by atoms with Crippen LogP contribution in [0.25, 0.3) is 10.9 Å². The van der Waals surface area contributed by atoms with Crippen molar-refractivity contribution in [3.8, 4) is 0 Å². The number of para-hydroxylation sites is 1. The molecule has 2 heterocycles. The highest BCUT2D eigenvalue weighted by atomic mass is 16.6. The molecule has 21 heavy (non-hydrogen) atoms. The molecule has 1 aromatic carbocycles. The number of benzene rings is 1. The predicted octanol–water partition coefficient (Wildman–Crippen LogP) is 3.78. The lowest BCUT2D eigenvalue weighted by molar-refractivity contribution is 0.0228. The lowest BCUT2D eigenvalue weighted by Crippen LogP contribution is -2.38. The topological polar surface area (TPSA) is 34.5 Å². The van der Waals surface area contributed by atoms with E-state index in [4.69, 9.17) is 4.74 Å². The van der Waals surface area contributed by atoms with Gasteiger partial charge in [-0.25, -0.2) is 4.79 Å². The van der Waals surface area contributed by atoms with E-state index in [9.17, 15) is 4.79 Å². The third kappa shape index (κ3) is 2.89. The molecule has 4 heteroatoms. The second-order valence-electron chi connectivity index (χ2n) is 6.62. The van der Waals surface area contributed by atoms with Gasteiger partial charge in [0, 0.05) is 19.3 Å². The fraction of sp³-hybridized carbons (Fsp3) is 0.471. The molecule has 1 amide bonds. The molecule has 4 nitrogen and oxygen atoms in total. The Balaban J connectivity index is 1.91. The van der Waals surface area contributed by atoms with Gasteiger partial charge in [-0.05, 0) is 44.2 Å². The van der Waals surface area contributed by atoms with E-state index in [2.05, 4.69) is 35.0 Å². The van der Waals surface area contributed by atoms with Gasteiger partial charge < -0.3 is 14.2 Å². The van der Waals surface area contributed by atoms with E-state index < -0.39 is 5.60 Å². The average molecular weight is 286 g/mol. The molecule has 0 radical (unpaired) electrons. The predicted molar refractivity (Wildman–Crippen MR) is 83.2 cm³/mol. The summed E-state index contributed by atoms with van der Waals surface area (Å²) in [6.07, 6.45) is 2.86. The van der Waals surface area contributed by atoms with Gasteiger partial charge in [-0.1, -0.05) is 18.2 Å². The van der Waals surface area contributed by atoms with Gasteiger partial charge in [-0.2, -0.15) is 0 Å². The Morgan fingerprint density at radius 3 is 2.76 bits per heavy atom. The number of rotatable bonds is 0. The smallest absolute Gasteiger partial charge is 0.410 e. The summed E-state index contributed by atoms with van der Waals surface area (Å²) in [6.45, 7) is 7.97. The van der Waals surface area contributed by atoms with Crippen LogP contribution in [-0.4, -0.2) is 27.7 Å². The zero-order valence-electron chi connectivity index (χ0n) is 12.9. The molecule has 0 aliphatic carbocycles. The van der Waals surface area contributed by atoms with Crippen molar-refractivity contribution in [1.82, 2.24) is 9.47 Å². The number of aromatic nitrogens is 1. The first-order chi connectivity index (χ1) is 9.94. The molecule has 0 fully saturated rings. The third-order valence-electron chi connectivity index (χ3n) is 3.71. The Morgan fingerprint density at radius 2 is 2.00 bits per heavy atom. The number of ether oxygens (including phenoxy) is 1. The van der Waals surface area contributed by atoms with E-state index in [1.165, 1.54) is 16.5 Å². The van der Waals surface area contributed by atoms with Crippen LogP contribution < -0.4 is 0 Å². The molecular formula is C17H22N2O2. The van der Waals surface area contributed by atoms with Gasteiger partial charge in [-0.3, -0.25) is 0 Å². The maximum Gasteiger partial charge on any atom is 0.410 e. The van der Waals surface area contributed by atoms with Crippen molar-refractivity contribution in [3.05, 3.63) is 36.0 Å². The summed E-state index contributed by atoms with van der Waals surface area (Å²) >= 11 is 0. The first-order valence-corrected chi connectivity index (χ1v) is 7.49. The zero-order chi connectivity index (χ0) is 15.0. The van der Waals surface area contributed by atoms with Crippen LogP contribution in [0.15, 0.2) is 30.5 Å². The summed E-state index contributed by atoms with van der Waals surface area (Å²) in [5, 5.41) is 1.23. The van der Waals surface area contributed by atoms with Crippen LogP contribution in [0.4, 0.5) is 4.79 Å². The standard InChI is InChI=1S/C17H22N2O2/c1-17(2,3)21-16(20)19-10-5-9-18-11-8-13-6-4-7-14(12-19)15(13)18/h4,6-8,11H,5,9-10,12H2,1-3H3. The van der Waals surface area contributed by atoms with Crippen molar-refractivity contribution in [2.75, 3.05) is 6.54 Å². The van der Waals surface area contributed by atoms with E-state index in [1.54, 1.807) is 0 Å². The highest BCUT2D eigenvalue weighted by Gasteiger charge is 2.24. The fourth-order valence-electron chi connectivity index (χ4n) is 2.85. The molecule has 3 rings (SSSR count). The highest BCUT2D eigenvalue weighted by molar-refractivity contribution is 5.84. The first kappa shape index (κ1) is 14.0. The van der Waals surface area contributed by atoms with Crippen LogP contribution >= 0.6 is 0 Å². The molecule has 0 N–H and O–H groups in total. The number of hydrogen-bond acceptors (Lipinski definition) is 2. The molecule has 0 atom stereocenters. The second-order valence-corrected chi connectivity index (χ2v) is 6.62. The molecule has 0 spiro atoms. The molecule has 0 saturated heterocycles. The van der Waals surface area contributed by atoms with Crippen LogP contribution in [0, 0.1) is 0 Å². The zero-order valence-corrected chi connectivity index (χ0v) is 12.9. The summed E-state index contributed by atoms with van der Waals surface area (Å²) in [4.78, 5) is 14.2. The van der Waals surface area contributed by atoms with E-state index in [0.29, 0.717) is 6.54 Å². The van der Waals surface area contributed by atoms with Crippen molar-refractivity contribution >= 4 is 17.0 Å². The van der Waals surface area contributed by atoms with E-state index >= 15 is 0 Å². The maximum atomic E-state index is 12.3. The molecule has 1 aliphatic heterocycles. The minimum atomic E-state index is -0.453.